The van der Waals surface area contributed by atoms with Crippen molar-refractivity contribution in [2.75, 3.05) is 37.6 Å². The summed E-state index contributed by atoms with van der Waals surface area (Å²) in [7, 11) is 0. The van der Waals surface area contributed by atoms with Gasteiger partial charge in [-0.25, -0.2) is 4.99 Å². The largest absolute Gasteiger partial charge is 0.369 e. The molecule has 1 atom stereocenters. The number of anilines is 1. The quantitative estimate of drug-likeness (QED) is 0.354. The van der Waals surface area contributed by atoms with Crippen LogP contribution in [0, 0.1) is 0 Å². The van der Waals surface area contributed by atoms with Crippen LogP contribution >= 0.6 is 24.0 Å². The summed E-state index contributed by atoms with van der Waals surface area (Å²) in [6.45, 7) is 7.45. The highest BCUT2D eigenvalue weighted by molar-refractivity contribution is 14.0. The first kappa shape index (κ1) is 20.5. The number of aliphatic imine (C=N–C) groups is 1. The number of para-hydroxylation sites is 1. The Morgan fingerprint density at radius 2 is 1.92 bits per heavy atom. The Morgan fingerprint density at radius 1 is 1.21 bits per heavy atom. The highest BCUT2D eigenvalue weighted by Gasteiger charge is 2.23. The Balaban J connectivity index is 0.00000288. The summed E-state index contributed by atoms with van der Waals surface area (Å²) in [5, 5.41) is 9.39. The number of benzene rings is 1. The standard InChI is InChI=1S/C17H27N5O.HI/c1-3-18-16(23)12-20-17(19-4-2)21-14-10-11-22(13-14)15-8-6-5-7-9-15;/h5-9,14H,3-4,10-13H2,1-2H3,(H,18,23)(H2,19,20,21);1H. The summed E-state index contributed by atoms with van der Waals surface area (Å²) in [4.78, 5) is 18.3. The predicted octanol–water partition coefficient (Wildman–Crippen LogP) is 1.57. The average molecular weight is 445 g/mol. The molecule has 1 fully saturated rings. The molecule has 3 N–H and O–H groups in total. The molecule has 1 heterocycles. The number of amides is 1. The van der Waals surface area contributed by atoms with E-state index in [0.717, 1.165) is 26.1 Å². The van der Waals surface area contributed by atoms with E-state index in [1.165, 1.54) is 5.69 Å². The molecule has 0 saturated carbocycles. The van der Waals surface area contributed by atoms with Crippen LogP contribution < -0.4 is 20.9 Å². The molecule has 0 aliphatic carbocycles. The molecule has 134 valence electrons. The zero-order valence-corrected chi connectivity index (χ0v) is 16.7. The number of guanidine groups is 1. The molecule has 2 rings (SSSR count). The minimum atomic E-state index is -0.0537. The van der Waals surface area contributed by atoms with Crippen molar-refractivity contribution < 1.29 is 4.79 Å². The van der Waals surface area contributed by atoms with Crippen molar-refractivity contribution in [2.24, 2.45) is 4.99 Å². The summed E-state index contributed by atoms with van der Waals surface area (Å²) >= 11 is 0. The van der Waals surface area contributed by atoms with Gasteiger partial charge in [0.2, 0.25) is 5.91 Å². The second-order valence-corrected chi connectivity index (χ2v) is 5.56. The van der Waals surface area contributed by atoms with E-state index >= 15 is 0 Å². The van der Waals surface area contributed by atoms with Crippen LogP contribution in [-0.4, -0.2) is 50.6 Å². The minimum Gasteiger partial charge on any atom is -0.369 e. The highest BCUT2D eigenvalue weighted by Crippen LogP contribution is 2.19. The molecule has 6 nitrogen and oxygen atoms in total. The molecule has 0 spiro atoms. The molecule has 7 heteroatoms. The molecule has 1 aromatic rings. The smallest absolute Gasteiger partial charge is 0.241 e. The Kier molecular flexibility index (Phi) is 9.51. The van der Waals surface area contributed by atoms with Gasteiger partial charge in [0.15, 0.2) is 5.96 Å². The maximum absolute atomic E-state index is 11.5. The second kappa shape index (κ2) is 11.1. The van der Waals surface area contributed by atoms with Crippen molar-refractivity contribution in [1.82, 2.24) is 16.0 Å². The highest BCUT2D eigenvalue weighted by atomic mass is 127. The van der Waals surface area contributed by atoms with Gasteiger partial charge in [-0.1, -0.05) is 18.2 Å². The van der Waals surface area contributed by atoms with Crippen LogP contribution in [0.2, 0.25) is 0 Å². The molecule has 0 radical (unpaired) electrons. The van der Waals surface area contributed by atoms with E-state index in [-0.39, 0.29) is 36.4 Å². The fourth-order valence-electron chi connectivity index (χ4n) is 2.67. The first-order chi connectivity index (χ1) is 11.2. The van der Waals surface area contributed by atoms with E-state index in [2.05, 4.69) is 50.1 Å². The number of carbonyl (C=O) groups excluding carboxylic acids is 1. The predicted molar refractivity (Wildman–Crippen MR) is 110 cm³/mol. The van der Waals surface area contributed by atoms with Gasteiger partial charge in [-0.2, -0.15) is 0 Å². The second-order valence-electron chi connectivity index (χ2n) is 5.56. The van der Waals surface area contributed by atoms with Gasteiger partial charge in [-0.15, -0.1) is 24.0 Å². The molecule has 1 aliphatic rings. The van der Waals surface area contributed by atoms with Gasteiger partial charge < -0.3 is 20.9 Å². The summed E-state index contributed by atoms with van der Waals surface area (Å²) < 4.78 is 0. The number of hydrogen-bond acceptors (Lipinski definition) is 3. The lowest BCUT2D eigenvalue weighted by Crippen LogP contribution is -2.45. The molecule has 1 aliphatic heterocycles. The number of likely N-dealkylation sites (N-methyl/N-ethyl adjacent to an activating group) is 1. The molecule has 1 amide bonds. The first-order valence-electron chi connectivity index (χ1n) is 8.34. The van der Waals surface area contributed by atoms with Crippen LogP contribution in [0.5, 0.6) is 0 Å². The van der Waals surface area contributed by atoms with Crippen LogP contribution in [0.1, 0.15) is 20.3 Å². The van der Waals surface area contributed by atoms with Gasteiger partial charge in [0, 0.05) is 37.9 Å². The number of hydrogen-bond donors (Lipinski definition) is 3. The molecular formula is C17H28IN5O. The SMILES string of the molecule is CCNC(=O)CN=C(NCC)NC1CCN(c2ccccc2)C1.I. The Morgan fingerprint density at radius 3 is 2.58 bits per heavy atom. The van der Waals surface area contributed by atoms with Crippen molar-refractivity contribution in [1.29, 1.82) is 0 Å². The molecular weight excluding hydrogens is 417 g/mol. The number of carbonyl (C=O) groups is 1. The van der Waals surface area contributed by atoms with Crippen molar-refractivity contribution in [3.8, 4) is 0 Å². The van der Waals surface area contributed by atoms with Crippen LogP contribution in [0.3, 0.4) is 0 Å². The van der Waals surface area contributed by atoms with Gasteiger partial charge in [0.05, 0.1) is 0 Å². The summed E-state index contributed by atoms with van der Waals surface area (Å²) in [5.41, 5.74) is 1.25. The minimum absolute atomic E-state index is 0. The van der Waals surface area contributed by atoms with Gasteiger partial charge in [-0.05, 0) is 32.4 Å². The van der Waals surface area contributed by atoms with Gasteiger partial charge in [0.1, 0.15) is 6.54 Å². The fourth-order valence-corrected chi connectivity index (χ4v) is 2.67. The van der Waals surface area contributed by atoms with Crippen molar-refractivity contribution >= 4 is 41.5 Å². The lowest BCUT2D eigenvalue weighted by atomic mass is 10.3. The Bertz CT molecular complexity index is 523. The number of halogens is 1. The zero-order chi connectivity index (χ0) is 16.5. The third-order valence-electron chi connectivity index (χ3n) is 3.75. The molecule has 24 heavy (non-hydrogen) atoms. The van der Waals surface area contributed by atoms with Gasteiger partial charge in [-0.3, -0.25) is 4.79 Å². The van der Waals surface area contributed by atoms with Crippen LogP contribution in [0.25, 0.3) is 0 Å². The monoisotopic (exact) mass is 445 g/mol. The lowest BCUT2D eigenvalue weighted by Gasteiger charge is -2.20. The maximum atomic E-state index is 11.5. The number of nitrogens with one attached hydrogen (secondary N) is 3. The first-order valence-corrected chi connectivity index (χ1v) is 8.34. The molecule has 1 saturated heterocycles. The third kappa shape index (κ3) is 6.54. The average Bonchev–Trinajstić information content (AvgIpc) is 3.02. The Labute approximate surface area is 161 Å². The molecule has 0 aromatic heterocycles. The van der Waals surface area contributed by atoms with E-state index < -0.39 is 0 Å². The van der Waals surface area contributed by atoms with E-state index in [0.29, 0.717) is 18.5 Å². The van der Waals surface area contributed by atoms with Crippen LogP contribution in [0.15, 0.2) is 35.3 Å². The van der Waals surface area contributed by atoms with Crippen molar-refractivity contribution in [3.63, 3.8) is 0 Å². The van der Waals surface area contributed by atoms with E-state index in [1.54, 1.807) is 0 Å². The normalized spacial score (nSPS) is 17.2. The van der Waals surface area contributed by atoms with E-state index in [9.17, 15) is 4.79 Å². The summed E-state index contributed by atoms with van der Waals surface area (Å²) in [6, 6.07) is 10.8. The number of nitrogens with zero attached hydrogens (tertiary/aromatic N) is 2. The third-order valence-corrected chi connectivity index (χ3v) is 3.75. The van der Waals surface area contributed by atoms with Gasteiger partial charge >= 0.3 is 0 Å². The molecule has 0 bridgehead atoms. The molecule has 1 aromatic carbocycles. The van der Waals surface area contributed by atoms with Crippen molar-refractivity contribution in [3.05, 3.63) is 30.3 Å². The van der Waals surface area contributed by atoms with E-state index in [1.807, 2.05) is 19.9 Å². The van der Waals surface area contributed by atoms with Crippen LogP contribution in [0.4, 0.5) is 5.69 Å². The topological polar surface area (TPSA) is 68.8 Å². The summed E-state index contributed by atoms with van der Waals surface area (Å²) in [6.07, 6.45) is 1.06. The molecule has 1 unspecified atom stereocenters. The Hall–Kier alpha value is -1.51. The fraction of sp³-hybridized carbons (Fsp3) is 0.529. The van der Waals surface area contributed by atoms with E-state index in [4.69, 9.17) is 0 Å². The zero-order valence-electron chi connectivity index (χ0n) is 14.4. The lowest BCUT2D eigenvalue weighted by molar-refractivity contribution is -0.119. The number of rotatable bonds is 6. The van der Waals surface area contributed by atoms with Crippen molar-refractivity contribution in [2.45, 2.75) is 26.3 Å². The van der Waals surface area contributed by atoms with Gasteiger partial charge in [0.25, 0.3) is 0 Å². The summed E-state index contributed by atoms with van der Waals surface area (Å²) in [5.74, 6) is 0.653. The maximum Gasteiger partial charge on any atom is 0.241 e. The van der Waals surface area contributed by atoms with Crippen LogP contribution in [-0.2, 0) is 4.79 Å².